The zero-order valence-corrected chi connectivity index (χ0v) is 20.7. The van der Waals surface area contributed by atoms with Gasteiger partial charge in [-0.25, -0.2) is 9.37 Å². The number of aromatic nitrogens is 1. The first-order chi connectivity index (χ1) is 17.5. The van der Waals surface area contributed by atoms with E-state index in [4.69, 9.17) is 4.74 Å². The third-order valence-electron chi connectivity index (χ3n) is 6.69. The summed E-state index contributed by atoms with van der Waals surface area (Å²) >= 11 is 1.23. The van der Waals surface area contributed by atoms with E-state index in [0.717, 1.165) is 45.4 Å². The number of halogens is 1. The summed E-state index contributed by atoms with van der Waals surface area (Å²) in [5, 5.41) is 12.3. The highest BCUT2D eigenvalue weighted by atomic mass is 32.1. The maximum atomic E-state index is 14.4. The number of nitrogens with zero attached hydrogens (tertiary/aromatic N) is 5. The average molecular weight is 514 g/mol. The number of nitro groups is 1. The van der Waals surface area contributed by atoms with Gasteiger partial charge in [0.2, 0.25) is 0 Å². The second-order valence-electron chi connectivity index (χ2n) is 9.00. The minimum Gasteiger partial charge on any atom is -0.379 e. The van der Waals surface area contributed by atoms with Crippen LogP contribution in [0.5, 0.6) is 0 Å². The van der Waals surface area contributed by atoms with E-state index in [0.29, 0.717) is 41.8 Å². The van der Waals surface area contributed by atoms with Gasteiger partial charge in [-0.1, -0.05) is 17.4 Å². The molecule has 9 nitrogen and oxygen atoms in total. The molecule has 2 aliphatic heterocycles. The van der Waals surface area contributed by atoms with Gasteiger partial charge in [0.05, 0.1) is 22.8 Å². The van der Waals surface area contributed by atoms with Gasteiger partial charge in [0.15, 0.2) is 5.13 Å². The Morgan fingerprint density at radius 2 is 1.92 bits per heavy atom. The quantitative estimate of drug-likeness (QED) is 0.343. The lowest BCUT2D eigenvalue weighted by Gasteiger charge is -2.30. The van der Waals surface area contributed by atoms with Crippen LogP contribution in [-0.4, -0.2) is 73.2 Å². The van der Waals surface area contributed by atoms with Crippen LogP contribution in [0.15, 0.2) is 36.4 Å². The van der Waals surface area contributed by atoms with Crippen LogP contribution in [0.3, 0.4) is 0 Å². The highest BCUT2D eigenvalue weighted by Gasteiger charge is 2.27. The van der Waals surface area contributed by atoms with Crippen LogP contribution in [0.2, 0.25) is 0 Å². The number of carbonyl (C=O) groups excluding carboxylic acids is 1. The van der Waals surface area contributed by atoms with Crippen molar-refractivity contribution in [1.29, 1.82) is 0 Å². The van der Waals surface area contributed by atoms with E-state index in [-0.39, 0.29) is 16.8 Å². The molecule has 2 saturated heterocycles. The minimum absolute atomic E-state index is 0.0776. The second kappa shape index (κ2) is 10.9. The van der Waals surface area contributed by atoms with Crippen molar-refractivity contribution < 1.29 is 18.8 Å². The van der Waals surface area contributed by atoms with Crippen LogP contribution in [0.4, 0.5) is 20.9 Å². The van der Waals surface area contributed by atoms with Crippen molar-refractivity contribution in [3.05, 3.63) is 57.9 Å². The molecule has 0 saturated carbocycles. The summed E-state index contributed by atoms with van der Waals surface area (Å²) in [7, 11) is 0. The van der Waals surface area contributed by atoms with Crippen molar-refractivity contribution in [2.24, 2.45) is 0 Å². The molecule has 1 aromatic heterocycles. The van der Waals surface area contributed by atoms with E-state index in [1.165, 1.54) is 28.4 Å². The van der Waals surface area contributed by atoms with E-state index in [1.54, 1.807) is 24.3 Å². The van der Waals surface area contributed by atoms with Crippen molar-refractivity contribution in [1.82, 2.24) is 9.88 Å². The summed E-state index contributed by atoms with van der Waals surface area (Å²) in [6.07, 6.45) is 3.09. The molecule has 3 heterocycles. The number of benzene rings is 2. The zero-order chi connectivity index (χ0) is 25.1. The molecule has 2 aromatic carbocycles. The molecule has 0 spiro atoms. The molecule has 5 rings (SSSR count). The average Bonchev–Trinajstić information content (AvgIpc) is 3.35. The summed E-state index contributed by atoms with van der Waals surface area (Å²) in [5.74, 6) is -0.840. The molecule has 36 heavy (non-hydrogen) atoms. The van der Waals surface area contributed by atoms with Gasteiger partial charge in [-0.3, -0.25) is 24.7 Å². The molecular formula is C25H28FN5O4S. The number of carbonyl (C=O) groups is 1. The first kappa shape index (κ1) is 24.5. The molecule has 11 heteroatoms. The van der Waals surface area contributed by atoms with Crippen molar-refractivity contribution in [2.45, 2.75) is 19.3 Å². The number of anilines is 2. The summed E-state index contributed by atoms with van der Waals surface area (Å²) in [6, 6.07) is 9.41. The fourth-order valence-electron chi connectivity index (χ4n) is 4.73. The summed E-state index contributed by atoms with van der Waals surface area (Å²) < 4.78 is 20.4. The van der Waals surface area contributed by atoms with Crippen molar-refractivity contribution in [3.63, 3.8) is 0 Å². The van der Waals surface area contributed by atoms with E-state index in [2.05, 4.69) is 9.88 Å². The largest absolute Gasteiger partial charge is 0.379 e. The standard InChI is InChI=1S/C25H28FN5O4S/c26-19-5-4-6-22-23(19)27-25(36-22)30(12-11-28-13-15-35-16-14-28)24(32)18-7-8-20(21(17-18)31(33)34)29-9-2-1-3-10-29/h4-8,17H,1-3,9-16H2. The maximum absolute atomic E-state index is 14.4. The third kappa shape index (κ3) is 5.18. The van der Waals surface area contributed by atoms with Gasteiger partial charge in [-0.15, -0.1) is 0 Å². The summed E-state index contributed by atoms with van der Waals surface area (Å²) in [5.41, 5.74) is 0.890. The number of rotatable bonds is 7. The van der Waals surface area contributed by atoms with Crippen LogP contribution >= 0.6 is 11.3 Å². The number of morpholine rings is 1. The van der Waals surface area contributed by atoms with Crippen molar-refractivity contribution >= 4 is 44.0 Å². The number of piperidine rings is 1. The minimum atomic E-state index is -0.447. The molecule has 1 amide bonds. The maximum Gasteiger partial charge on any atom is 0.293 e. The Kier molecular flexibility index (Phi) is 7.40. The Morgan fingerprint density at radius 3 is 2.64 bits per heavy atom. The number of para-hydroxylation sites is 1. The van der Waals surface area contributed by atoms with Crippen LogP contribution in [-0.2, 0) is 4.74 Å². The summed E-state index contributed by atoms with van der Waals surface area (Å²) in [4.78, 5) is 35.4. The molecule has 0 unspecified atom stereocenters. The Morgan fingerprint density at radius 1 is 1.14 bits per heavy atom. The van der Waals surface area contributed by atoms with Gasteiger partial charge in [0.25, 0.3) is 11.6 Å². The zero-order valence-electron chi connectivity index (χ0n) is 19.9. The number of hydrogen-bond donors (Lipinski definition) is 0. The Balaban J connectivity index is 1.47. The SMILES string of the molecule is O=C(c1ccc(N2CCCCC2)c([N+](=O)[O-])c1)N(CCN1CCOCC1)c1nc2c(F)cccc2s1. The fourth-order valence-corrected chi connectivity index (χ4v) is 5.73. The normalized spacial score (nSPS) is 16.9. The molecule has 0 N–H and O–H groups in total. The lowest BCUT2D eigenvalue weighted by atomic mass is 10.1. The number of fused-ring (bicyclic) bond motifs is 1. The predicted molar refractivity (Wildman–Crippen MR) is 138 cm³/mol. The van der Waals surface area contributed by atoms with Crippen molar-refractivity contribution in [3.8, 4) is 0 Å². The molecule has 2 fully saturated rings. The van der Waals surface area contributed by atoms with Gasteiger partial charge in [0.1, 0.15) is 17.0 Å². The molecule has 2 aliphatic rings. The van der Waals surface area contributed by atoms with Crippen molar-refractivity contribution in [2.75, 3.05) is 62.3 Å². The number of ether oxygens (including phenoxy) is 1. The highest BCUT2D eigenvalue weighted by Crippen LogP contribution is 2.34. The second-order valence-corrected chi connectivity index (χ2v) is 10.0. The molecule has 0 aliphatic carbocycles. The van der Waals surface area contributed by atoms with E-state index in [1.807, 2.05) is 4.90 Å². The number of hydrogen-bond acceptors (Lipinski definition) is 8. The fraction of sp³-hybridized carbons (Fsp3) is 0.440. The van der Waals surface area contributed by atoms with E-state index < -0.39 is 16.6 Å². The molecule has 3 aromatic rings. The molecule has 0 radical (unpaired) electrons. The molecule has 190 valence electrons. The number of nitro benzene ring substituents is 1. The van der Waals surface area contributed by atoms with Gasteiger partial charge in [-0.2, -0.15) is 0 Å². The Bertz CT molecular complexity index is 1260. The first-order valence-corrected chi connectivity index (χ1v) is 13.0. The van der Waals surface area contributed by atoms with Gasteiger partial charge in [0, 0.05) is 50.9 Å². The van der Waals surface area contributed by atoms with Crippen LogP contribution < -0.4 is 9.80 Å². The van der Waals surface area contributed by atoms with Gasteiger partial charge >= 0.3 is 0 Å². The number of thiazole rings is 1. The van der Waals surface area contributed by atoms with E-state index in [9.17, 15) is 19.3 Å². The molecule has 0 atom stereocenters. The van der Waals surface area contributed by atoms with Gasteiger partial charge in [-0.05, 0) is 43.5 Å². The highest BCUT2D eigenvalue weighted by molar-refractivity contribution is 7.22. The monoisotopic (exact) mass is 513 g/mol. The topological polar surface area (TPSA) is 92.0 Å². The lowest BCUT2D eigenvalue weighted by molar-refractivity contribution is -0.384. The van der Waals surface area contributed by atoms with Gasteiger partial charge < -0.3 is 9.64 Å². The van der Waals surface area contributed by atoms with Crippen LogP contribution in [0, 0.1) is 15.9 Å². The number of amides is 1. The summed E-state index contributed by atoms with van der Waals surface area (Å²) in [6.45, 7) is 5.20. The molecule has 0 bridgehead atoms. The predicted octanol–water partition coefficient (Wildman–Crippen LogP) is 4.31. The Labute approximate surface area is 212 Å². The third-order valence-corrected chi connectivity index (χ3v) is 7.74. The molecular weight excluding hydrogens is 485 g/mol. The van der Waals surface area contributed by atoms with Crippen LogP contribution in [0.1, 0.15) is 29.6 Å². The lowest BCUT2D eigenvalue weighted by Crippen LogP contribution is -2.43. The first-order valence-electron chi connectivity index (χ1n) is 12.2. The van der Waals surface area contributed by atoms with Crippen LogP contribution in [0.25, 0.3) is 10.2 Å². The smallest absolute Gasteiger partial charge is 0.293 e. The van der Waals surface area contributed by atoms with E-state index >= 15 is 0 Å². The Hall–Kier alpha value is -3.15.